The highest BCUT2D eigenvalue weighted by Crippen LogP contribution is 2.26. The second kappa shape index (κ2) is 6.94. The van der Waals surface area contributed by atoms with Crippen LogP contribution in [-0.4, -0.2) is 31.1 Å². The van der Waals surface area contributed by atoms with E-state index in [0.717, 1.165) is 29.6 Å². The predicted molar refractivity (Wildman–Crippen MR) is 83.1 cm³/mol. The first-order chi connectivity index (χ1) is 9.10. The van der Waals surface area contributed by atoms with Crippen LogP contribution in [0, 0.1) is 5.92 Å². The molecule has 1 aliphatic heterocycles. The average Bonchev–Trinajstić information content (AvgIpc) is 2.84. The maximum atomic E-state index is 6.23. The number of benzene rings is 1. The fraction of sp³-hybridized carbons (Fsp3) is 0.600. The van der Waals surface area contributed by atoms with Crippen LogP contribution in [0.25, 0.3) is 0 Å². The first-order valence-corrected chi connectivity index (χ1v) is 7.76. The third kappa shape index (κ3) is 4.09. The lowest BCUT2D eigenvalue weighted by Gasteiger charge is -2.19. The van der Waals surface area contributed by atoms with E-state index in [0.29, 0.717) is 5.02 Å². The second-order valence-electron chi connectivity index (χ2n) is 5.34. The number of likely N-dealkylation sites (tertiary alicyclic amines) is 1. The molecule has 2 unspecified atom stereocenters. The van der Waals surface area contributed by atoms with E-state index in [2.05, 4.69) is 24.1 Å². The molecule has 0 radical (unpaired) electrons. The van der Waals surface area contributed by atoms with E-state index in [1.807, 2.05) is 18.2 Å². The van der Waals surface area contributed by atoms with Gasteiger partial charge in [-0.25, -0.2) is 0 Å². The lowest BCUT2D eigenvalue weighted by Crippen LogP contribution is -2.28. The molecule has 1 saturated heterocycles. The molecule has 1 N–H and O–H groups in total. The van der Waals surface area contributed by atoms with Crippen molar-refractivity contribution in [2.24, 2.45) is 5.92 Å². The van der Waals surface area contributed by atoms with Crippen molar-refractivity contribution in [3.8, 4) is 0 Å². The Morgan fingerprint density at radius 1 is 1.42 bits per heavy atom. The minimum atomic E-state index is 0.264. The van der Waals surface area contributed by atoms with Gasteiger partial charge in [-0.05, 0) is 56.6 Å². The van der Waals surface area contributed by atoms with Gasteiger partial charge in [0.05, 0.1) is 0 Å². The molecule has 2 atom stereocenters. The number of nitrogens with zero attached hydrogens (tertiary/aromatic N) is 1. The Labute approximate surface area is 126 Å². The van der Waals surface area contributed by atoms with Gasteiger partial charge in [0, 0.05) is 22.6 Å². The molecule has 19 heavy (non-hydrogen) atoms. The van der Waals surface area contributed by atoms with Crippen LogP contribution in [0.15, 0.2) is 18.2 Å². The standard InChI is InChI=1S/C15H22Cl2N2/c1-3-19-7-6-12(10-19)9-18-11(2)14-5-4-13(16)8-15(14)17/h4-5,8,11-12,18H,3,6-7,9-10H2,1-2H3. The van der Waals surface area contributed by atoms with Crippen LogP contribution >= 0.6 is 23.2 Å². The molecular formula is C15H22Cl2N2. The van der Waals surface area contributed by atoms with Crippen LogP contribution in [-0.2, 0) is 0 Å². The van der Waals surface area contributed by atoms with Gasteiger partial charge in [0.25, 0.3) is 0 Å². The first kappa shape index (κ1) is 15.1. The molecule has 1 fully saturated rings. The molecule has 0 aromatic heterocycles. The Hall–Kier alpha value is -0.280. The minimum absolute atomic E-state index is 0.264. The van der Waals surface area contributed by atoms with E-state index >= 15 is 0 Å². The van der Waals surface area contributed by atoms with Crippen molar-refractivity contribution >= 4 is 23.2 Å². The third-order valence-corrected chi connectivity index (χ3v) is 4.52. The van der Waals surface area contributed by atoms with Crippen LogP contribution in [0.1, 0.15) is 31.9 Å². The monoisotopic (exact) mass is 300 g/mol. The summed E-state index contributed by atoms with van der Waals surface area (Å²) in [6, 6.07) is 5.98. The predicted octanol–water partition coefficient (Wildman–Crippen LogP) is 3.99. The van der Waals surface area contributed by atoms with Crippen molar-refractivity contribution in [1.29, 1.82) is 0 Å². The molecule has 1 aromatic rings. The average molecular weight is 301 g/mol. The SMILES string of the molecule is CCN1CCC(CNC(C)c2ccc(Cl)cc2Cl)C1. The van der Waals surface area contributed by atoms with E-state index in [1.165, 1.54) is 19.5 Å². The molecule has 0 spiro atoms. The van der Waals surface area contributed by atoms with E-state index in [-0.39, 0.29) is 6.04 Å². The summed E-state index contributed by atoms with van der Waals surface area (Å²) >= 11 is 12.2. The zero-order valence-electron chi connectivity index (χ0n) is 11.6. The van der Waals surface area contributed by atoms with Gasteiger partial charge in [-0.2, -0.15) is 0 Å². The van der Waals surface area contributed by atoms with E-state index in [4.69, 9.17) is 23.2 Å². The number of hydrogen-bond donors (Lipinski definition) is 1. The van der Waals surface area contributed by atoms with Gasteiger partial charge < -0.3 is 10.2 Å². The summed E-state index contributed by atoms with van der Waals surface area (Å²) in [5.74, 6) is 0.758. The Morgan fingerprint density at radius 2 is 2.21 bits per heavy atom. The second-order valence-corrected chi connectivity index (χ2v) is 6.19. The summed E-state index contributed by atoms with van der Waals surface area (Å²) in [5.41, 5.74) is 1.12. The van der Waals surface area contributed by atoms with Gasteiger partial charge in [-0.1, -0.05) is 36.2 Å². The van der Waals surface area contributed by atoms with Crippen LogP contribution < -0.4 is 5.32 Å². The van der Waals surface area contributed by atoms with E-state index in [1.54, 1.807) is 0 Å². The van der Waals surface area contributed by atoms with Crippen molar-refractivity contribution in [2.45, 2.75) is 26.3 Å². The molecule has 0 saturated carbocycles. The van der Waals surface area contributed by atoms with Gasteiger partial charge in [0.1, 0.15) is 0 Å². The lowest BCUT2D eigenvalue weighted by atomic mass is 10.1. The van der Waals surface area contributed by atoms with Crippen molar-refractivity contribution in [1.82, 2.24) is 10.2 Å². The zero-order chi connectivity index (χ0) is 13.8. The molecule has 4 heteroatoms. The van der Waals surface area contributed by atoms with Crippen LogP contribution in [0.2, 0.25) is 10.0 Å². The van der Waals surface area contributed by atoms with Crippen molar-refractivity contribution in [3.05, 3.63) is 33.8 Å². The Morgan fingerprint density at radius 3 is 2.84 bits per heavy atom. The highest BCUT2D eigenvalue weighted by atomic mass is 35.5. The van der Waals surface area contributed by atoms with E-state index in [9.17, 15) is 0 Å². The molecule has 1 heterocycles. The van der Waals surface area contributed by atoms with Crippen molar-refractivity contribution in [3.63, 3.8) is 0 Å². The van der Waals surface area contributed by atoms with Crippen LogP contribution in [0.4, 0.5) is 0 Å². The molecule has 2 nitrogen and oxygen atoms in total. The number of nitrogens with one attached hydrogen (secondary N) is 1. The quantitative estimate of drug-likeness (QED) is 0.885. The van der Waals surface area contributed by atoms with E-state index < -0.39 is 0 Å². The van der Waals surface area contributed by atoms with Crippen LogP contribution in [0.3, 0.4) is 0 Å². The summed E-state index contributed by atoms with van der Waals surface area (Å²) in [5, 5.41) is 5.03. The maximum absolute atomic E-state index is 6.23. The molecule has 0 amide bonds. The molecule has 0 aliphatic carbocycles. The van der Waals surface area contributed by atoms with Crippen LogP contribution in [0.5, 0.6) is 0 Å². The number of halogens is 2. The normalized spacial score (nSPS) is 21.8. The smallest absolute Gasteiger partial charge is 0.0468 e. The number of hydrogen-bond acceptors (Lipinski definition) is 2. The summed E-state index contributed by atoms with van der Waals surface area (Å²) in [6.07, 6.45) is 1.29. The van der Waals surface area contributed by atoms with Gasteiger partial charge in [-0.3, -0.25) is 0 Å². The van der Waals surface area contributed by atoms with Gasteiger partial charge in [-0.15, -0.1) is 0 Å². The highest BCUT2D eigenvalue weighted by Gasteiger charge is 2.21. The molecule has 2 rings (SSSR count). The molecule has 106 valence electrons. The summed E-state index contributed by atoms with van der Waals surface area (Å²) in [6.45, 7) is 9.04. The Bertz CT molecular complexity index is 423. The van der Waals surface area contributed by atoms with Gasteiger partial charge in [0.15, 0.2) is 0 Å². The summed E-state index contributed by atoms with van der Waals surface area (Å²) < 4.78 is 0. The maximum Gasteiger partial charge on any atom is 0.0468 e. The summed E-state index contributed by atoms with van der Waals surface area (Å²) in [7, 11) is 0. The minimum Gasteiger partial charge on any atom is -0.310 e. The van der Waals surface area contributed by atoms with Crippen molar-refractivity contribution < 1.29 is 0 Å². The molecule has 0 bridgehead atoms. The first-order valence-electron chi connectivity index (χ1n) is 7.00. The fourth-order valence-electron chi connectivity index (χ4n) is 2.67. The Balaban J connectivity index is 1.86. The van der Waals surface area contributed by atoms with Gasteiger partial charge in [0.2, 0.25) is 0 Å². The topological polar surface area (TPSA) is 15.3 Å². The zero-order valence-corrected chi connectivity index (χ0v) is 13.1. The number of rotatable bonds is 5. The Kier molecular flexibility index (Phi) is 5.52. The van der Waals surface area contributed by atoms with Crippen molar-refractivity contribution in [2.75, 3.05) is 26.2 Å². The third-order valence-electron chi connectivity index (χ3n) is 3.96. The summed E-state index contributed by atoms with van der Waals surface area (Å²) in [4.78, 5) is 2.51. The largest absolute Gasteiger partial charge is 0.310 e. The van der Waals surface area contributed by atoms with Gasteiger partial charge >= 0.3 is 0 Å². The molecular weight excluding hydrogens is 279 g/mol. The molecule has 1 aromatic carbocycles. The molecule has 1 aliphatic rings. The highest BCUT2D eigenvalue weighted by molar-refractivity contribution is 6.35. The lowest BCUT2D eigenvalue weighted by molar-refractivity contribution is 0.336. The fourth-order valence-corrected chi connectivity index (χ4v) is 3.24.